The highest BCUT2D eigenvalue weighted by atomic mass is 19.4. The molecule has 1 aromatic carbocycles. The van der Waals surface area contributed by atoms with E-state index in [0.717, 1.165) is 12.1 Å². The lowest BCUT2D eigenvalue weighted by Gasteiger charge is -2.37. The molecule has 2 atom stereocenters. The largest absolute Gasteiger partial charge is 0.481 e. The Morgan fingerprint density at radius 2 is 1.86 bits per heavy atom. The van der Waals surface area contributed by atoms with E-state index in [1.165, 1.54) is 24.1 Å². The molecule has 1 N–H and O–H groups in total. The minimum atomic E-state index is -4.45. The second-order valence-electron chi connectivity index (χ2n) is 5.05. The Morgan fingerprint density at radius 1 is 1.29 bits per heavy atom. The fraction of sp³-hybridized carbons (Fsp3) is 0.429. The number of hydrogen-bond acceptors (Lipinski definition) is 2. The summed E-state index contributed by atoms with van der Waals surface area (Å²) < 4.78 is 37.6. The van der Waals surface area contributed by atoms with Crippen LogP contribution in [0.25, 0.3) is 0 Å². The summed E-state index contributed by atoms with van der Waals surface area (Å²) in [5.74, 6) is -2.08. The molecule has 0 radical (unpaired) electrons. The molecule has 0 saturated carbocycles. The number of carboxylic acids is 1. The summed E-state index contributed by atoms with van der Waals surface area (Å²) in [6.07, 6.45) is -4.13. The summed E-state index contributed by atoms with van der Waals surface area (Å²) in [6.45, 7) is 0. The van der Waals surface area contributed by atoms with Gasteiger partial charge in [-0.2, -0.15) is 13.2 Å². The van der Waals surface area contributed by atoms with Crippen molar-refractivity contribution >= 4 is 11.9 Å². The molecule has 0 bridgehead atoms. The second-order valence-corrected chi connectivity index (χ2v) is 5.05. The lowest BCUT2D eigenvalue weighted by atomic mass is 9.84. The summed E-state index contributed by atoms with van der Waals surface area (Å²) >= 11 is 0. The predicted molar refractivity (Wildman–Crippen MR) is 67.3 cm³/mol. The van der Waals surface area contributed by atoms with Crippen molar-refractivity contribution in [2.24, 2.45) is 5.92 Å². The first-order valence-corrected chi connectivity index (χ1v) is 6.37. The summed E-state index contributed by atoms with van der Waals surface area (Å²) in [7, 11) is 1.47. The minimum Gasteiger partial charge on any atom is -0.481 e. The van der Waals surface area contributed by atoms with Crippen LogP contribution in [-0.2, 0) is 15.8 Å². The van der Waals surface area contributed by atoms with Crippen molar-refractivity contribution in [2.75, 3.05) is 7.05 Å². The molecule has 1 heterocycles. The van der Waals surface area contributed by atoms with Gasteiger partial charge in [0.25, 0.3) is 0 Å². The highest BCUT2D eigenvalue weighted by molar-refractivity contribution is 5.81. The van der Waals surface area contributed by atoms with Gasteiger partial charge < -0.3 is 10.0 Å². The molecule has 0 aliphatic carbocycles. The molecule has 114 valence electrons. The quantitative estimate of drug-likeness (QED) is 0.913. The van der Waals surface area contributed by atoms with Crippen molar-refractivity contribution in [3.63, 3.8) is 0 Å². The molecule has 21 heavy (non-hydrogen) atoms. The zero-order valence-corrected chi connectivity index (χ0v) is 11.2. The molecule has 1 aliphatic rings. The number of carbonyl (C=O) groups is 2. The number of piperidine rings is 1. The summed E-state index contributed by atoms with van der Waals surface area (Å²) in [5, 5.41) is 9.24. The number of nitrogens with zero attached hydrogens (tertiary/aromatic N) is 1. The topological polar surface area (TPSA) is 57.6 Å². The van der Waals surface area contributed by atoms with Crippen LogP contribution in [0.15, 0.2) is 24.3 Å². The number of aliphatic carboxylic acids is 1. The van der Waals surface area contributed by atoms with E-state index < -0.39 is 29.7 Å². The average Bonchev–Trinajstić information content (AvgIpc) is 2.40. The van der Waals surface area contributed by atoms with E-state index in [9.17, 15) is 27.9 Å². The minimum absolute atomic E-state index is 0.130. The maximum absolute atomic E-state index is 12.5. The highest BCUT2D eigenvalue weighted by Crippen LogP contribution is 2.37. The fourth-order valence-electron chi connectivity index (χ4n) is 2.62. The van der Waals surface area contributed by atoms with Gasteiger partial charge in [0, 0.05) is 13.5 Å². The maximum atomic E-state index is 12.5. The van der Waals surface area contributed by atoms with Crippen molar-refractivity contribution in [1.82, 2.24) is 4.90 Å². The van der Waals surface area contributed by atoms with Crippen LogP contribution < -0.4 is 0 Å². The van der Waals surface area contributed by atoms with E-state index in [0.29, 0.717) is 5.56 Å². The number of likely N-dealkylation sites (tertiary alicyclic amines) is 1. The number of carbonyl (C=O) groups excluding carboxylic acids is 1. The van der Waals surface area contributed by atoms with Gasteiger partial charge in [-0.25, -0.2) is 0 Å². The summed E-state index contributed by atoms with van der Waals surface area (Å²) in [4.78, 5) is 24.3. The lowest BCUT2D eigenvalue weighted by Crippen LogP contribution is -2.43. The summed E-state index contributed by atoms with van der Waals surface area (Å²) in [5.41, 5.74) is -0.408. The van der Waals surface area contributed by atoms with Gasteiger partial charge in [-0.3, -0.25) is 9.59 Å². The molecule has 7 heteroatoms. The Bertz CT molecular complexity index is 554. The van der Waals surface area contributed by atoms with Crippen LogP contribution in [-0.4, -0.2) is 28.9 Å². The molecular formula is C14H14F3NO3. The number of carboxylic acid groups (broad SMARTS) is 1. The Hall–Kier alpha value is -2.05. The van der Waals surface area contributed by atoms with Gasteiger partial charge in [0.1, 0.15) is 0 Å². The van der Waals surface area contributed by atoms with Gasteiger partial charge in [-0.05, 0) is 24.1 Å². The normalized spacial score (nSPS) is 23.2. The molecular weight excluding hydrogens is 287 g/mol. The van der Waals surface area contributed by atoms with Gasteiger partial charge in [0.2, 0.25) is 5.91 Å². The first-order valence-electron chi connectivity index (χ1n) is 6.37. The summed E-state index contributed by atoms with van der Waals surface area (Å²) in [6, 6.07) is 3.53. The fourth-order valence-corrected chi connectivity index (χ4v) is 2.62. The average molecular weight is 301 g/mol. The molecule has 1 fully saturated rings. The third-order valence-electron chi connectivity index (χ3n) is 3.76. The first kappa shape index (κ1) is 15.3. The van der Waals surface area contributed by atoms with Crippen molar-refractivity contribution in [3.8, 4) is 0 Å². The lowest BCUT2D eigenvalue weighted by molar-refractivity contribution is -0.151. The van der Waals surface area contributed by atoms with E-state index in [4.69, 9.17) is 0 Å². The van der Waals surface area contributed by atoms with Crippen LogP contribution in [0.3, 0.4) is 0 Å². The van der Waals surface area contributed by atoms with Gasteiger partial charge >= 0.3 is 12.1 Å². The molecule has 0 spiro atoms. The zero-order chi connectivity index (χ0) is 15.8. The van der Waals surface area contributed by atoms with E-state index in [1.807, 2.05) is 0 Å². The van der Waals surface area contributed by atoms with E-state index in [2.05, 4.69) is 0 Å². The standard InChI is InChI=1S/C14H14F3NO3/c1-18-11(19)7-6-10(13(20)21)12(18)8-2-4-9(5-3-8)14(15,16)17/h2-5,10,12H,6-7H2,1H3,(H,20,21)/t10-,12-/m1/s1. The van der Waals surface area contributed by atoms with Crippen LogP contribution in [0.5, 0.6) is 0 Å². The van der Waals surface area contributed by atoms with Crippen LogP contribution >= 0.6 is 0 Å². The van der Waals surface area contributed by atoms with E-state index >= 15 is 0 Å². The highest BCUT2D eigenvalue weighted by Gasteiger charge is 2.39. The first-order chi connectivity index (χ1) is 9.71. The van der Waals surface area contributed by atoms with Gasteiger partial charge in [-0.1, -0.05) is 12.1 Å². The van der Waals surface area contributed by atoms with Crippen molar-refractivity contribution < 1.29 is 27.9 Å². The molecule has 4 nitrogen and oxygen atoms in total. The van der Waals surface area contributed by atoms with Crippen LogP contribution in [0.4, 0.5) is 13.2 Å². The Kier molecular flexibility index (Phi) is 3.93. The molecule has 1 aromatic rings. The van der Waals surface area contributed by atoms with Gasteiger partial charge in [0.05, 0.1) is 17.5 Å². The Labute approximate surface area is 119 Å². The van der Waals surface area contributed by atoms with E-state index in [-0.39, 0.29) is 18.7 Å². The number of amides is 1. The second kappa shape index (κ2) is 5.38. The van der Waals surface area contributed by atoms with Crippen LogP contribution in [0.2, 0.25) is 0 Å². The van der Waals surface area contributed by atoms with Crippen molar-refractivity contribution in [3.05, 3.63) is 35.4 Å². The predicted octanol–water partition coefficient (Wildman–Crippen LogP) is 2.70. The molecule has 1 saturated heterocycles. The van der Waals surface area contributed by atoms with Crippen molar-refractivity contribution in [1.29, 1.82) is 0 Å². The molecule has 1 aliphatic heterocycles. The Morgan fingerprint density at radius 3 is 2.33 bits per heavy atom. The van der Waals surface area contributed by atoms with Crippen LogP contribution in [0.1, 0.15) is 30.0 Å². The van der Waals surface area contributed by atoms with Gasteiger partial charge in [0.15, 0.2) is 0 Å². The number of benzene rings is 1. The number of hydrogen-bond donors (Lipinski definition) is 1. The smallest absolute Gasteiger partial charge is 0.416 e. The monoisotopic (exact) mass is 301 g/mol. The van der Waals surface area contributed by atoms with Crippen molar-refractivity contribution in [2.45, 2.75) is 25.1 Å². The maximum Gasteiger partial charge on any atom is 0.416 e. The zero-order valence-electron chi connectivity index (χ0n) is 11.2. The number of alkyl halides is 3. The SMILES string of the molecule is CN1C(=O)CC[C@@H](C(=O)O)[C@H]1c1ccc(C(F)(F)F)cc1. The number of rotatable bonds is 2. The Balaban J connectivity index is 2.36. The number of halogens is 3. The van der Waals surface area contributed by atoms with E-state index in [1.54, 1.807) is 0 Å². The molecule has 0 aromatic heterocycles. The third kappa shape index (κ3) is 3.01. The van der Waals surface area contributed by atoms with Gasteiger partial charge in [-0.15, -0.1) is 0 Å². The molecule has 2 rings (SSSR count). The molecule has 1 amide bonds. The van der Waals surface area contributed by atoms with Crippen LogP contribution in [0, 0.1) is 5.92 Å². The third-order valence-corrected chi connectivity index (χ3v) is 3.76. The molecule has 0 unspecified atom stereocenters.